The number of nitrogens with one attached hydrogen (secondary N) is 1. The Morgan fingerprint density at radius 2 is 2.29 bits per heavy atom. The molecule has 6 nitrogen and oxygen atoms in total. The summed E-state index contributed by atoms with van der Waals surface area (Å²) >= 11 is 1.55. The first-order chi connectivity index (χ1) is 11.7. The first-order valence-electron chi connectivity index (χ1n) is 7.88. The fourth-order valence-electron chi connectivity index (χ4n) is 2.48. The van der Waals surface area contributed by atoms with Gasteiger partial charge in [-0.05, 0) is 31.6 Å². The van der Waals surface area contributed by atoms with Gasteiger partial charge in [-0.3, -0.25) is 9.20 Å². The molecule has 1 atom stereocenters. The molecular weight excluding hydrogens is 322 g/mol. The maximum atomic E-state index is 12.3. The minimum atomic E-state index is -0.173. The molecule has 24 heavy (non-hydrogen) atoms. The van der Waals surface area contributed by atoms with Gasteiger partial charge in [-0.2, -0.15) is 0 Å². The zero-order valence-electron chi connectivity index (χ0n) is 13.6. The molecule has 3 heterocycles. The molecule has 0 saturated heterocycles. The van der Waals surface area contributed by atoms with E-state index in [0.29, 0.717) is 0 Å². The van der Waals surface area contributed by atoms with Crippen molar-refractivity contribution in [2.75, 3.05) is 0 Å². The predicted molar refractivity (Wildman–Crippen MR) is 94.7 cm³/mol. The van der Waals surface area contributed by atoms with E-state index in [1.807, 2.05) is 35.7 Å². The van der Waals surface area contributed by atoms with Crippen LogP contribution in [0.15, 0.2) is 36.7 Å². The third kappa shape index (κ3) is 3.68. The minimum absolute atomic E-state index is 0.146. The average Bonchev–Trinajstić information content (AvgIpc) is 3.18. The molecule has 0 radical (unpaired) electrons. The molecular formula is C17H19N5OS. The van der Waals surface area contributed by atoms with Crippen molar-refractivity contribution >= 4 is 29.0 Å². The molecule has 0 saturated carbocycles. The van der Waals surface area contributed by atoms with Crippen molar-refractivity contribution in [3.8, 4) is 0 Å². The maximum Gasteiger partial charge on any atom is 0.244 e. The number of thiazole rings is 1. The van der Waals surface area contributed by atoms with E-state index in [0.717, 1.165) is 34.2 Å². The highest BCUT2D eigenvalue weighted by molar-refractivity contribution is 7.12. The third-order valence-corrected chi connectivity index (χ3v) is 4.46. The molecule has 3 aromatic rings. The Labute approximate surface area is 144 Å². The van der Waals surface area contributed by atoms with Crippen LogP contribution in [-0.2, 0) is 4.79 Å². The van der Waals surface area contributed by atoms with Crippen molar-refractivity contribution in [3.05, 3.63) is 52.4 Å². The lowest BCUT2D eigenvalue weighted by molar-refractivity contribution is -0.117. The van der Waals surface area contributed by atoms with Gasteiger partial charge >= 0.3 is 0 Å². The zero-order valence-corrected chi connectivity index (χ0v) is 14.5. The Bertz CT molecular complexity index is 867. The number of pyridine rings is 1. The van der Waals surface area contributed by atoms with Gasteiger partial charge in [0.15, 0.2) is 11.5 Å². The van der Waals surface area contributed by atoms with Gasteiger partial charge < -0.3 is 5.32 Å². The topological polar surface area (TPSA) is 72.2 Å². The van der Waals surface area contributed by atoms with Crippen molar-refractivity contribution < 1.29 is 4.79 Å². The van der Waals surface area contributed by atoms with E-state index in [1.54, 1.807) is 29.7 Å². The van der Waals surface area contributed by atoms with E-state index in [2.05, 4.69) is 27.4 Å². The molecule has 0 aliphatic carbocycles. The lowest BCUT2D eigenvalue weighted by atomic mass is 10.1. The van der Waals surface area contributed by atoms with E-state index < -0.39 is 0 Å². The van der Waals surface area contributed by atoms with Crippen molar-refractivity contribution in [3.63, 3.8) is 0 Å². The summed E-state index contributed by atoms with van der Waals surface area (Å²) in [6.07, 6.45) is 8.73. The van der Waals surface area contributed by atoms with E-state index in [-0.39, 0.29) is 11.9 Å². The largest absolute Gasteiger partial charge is 0.343 e. The number of carbonyl (C=O) groups excluding carboxylic acids is 1. The number of hydrogen-bond acceptors (Lipinski definition) is 5. The summed E-state index contributed by atoms with van der Waals surface area (Å²) in [6.45, 7) is 4.02. The molecule has 0 aromatic carbocycles. The third-order valence-electron chi connectivity index (χ3n) is 3.58. The van der Waals surface area contributed by atoms with Crippen LogP contribution in [-0.4, -0.2) is 25.5 Å². The number of hydrogen-bond donors (Lipinski definition) is 1. The summed E-state index contributed by atoms with van der Waals surface area (Å²) in [4.78, 5) is 17.4. The van der Waals surface area contributed by atoms with Crippen LogP contribution in [0.3, 0.4) is 0 Å². The highest BCUT2D eigenvalue weighted by Crippen LogP contribution is 2.18. The summed E-state index contributed by atoms with van der Waals surface area (Å²) in [5.41, 5.74) is 0.776. The summed E-state index contributed by atoms with van der Waals surface area (Å²) in [5, 5.41) is 12.4. The summed E-state index contributed by atoms with van der Waals surface area (Å²) in [7, 11) is 0. The van der Waals surface area contributed by atoms with Gasteiger partial charge in [0.25, 0.3) is 0 Å². The Balaban J connectivity index is 1.76. The number of amides is 1. The van der Waals surface area contributed by atoms with Gasteiger partial charge in [-0.15, -0.1) is 21.5 Å². The van der Waals surface area contributed by atoms with Crippen LogP contribution in [0.4, 0.5) is 0 Å². The summed E-state index contributed by atoms with van der Waals surface area (Å²) in [6, 6.07) is 5.57. The van der Waals surface area contributed by atoms with E-state index >= 15 is 0 Å². The molecule has 124 valence electrons. The highest BCUT2D eigenvalue weighted by Gasteiger charge is 2.18. The standard InChI is InChI=1S/C17H19N5OS/c1-3-6-14(17-21-20-15-7-4-5-10-22(15)17)19-16(23)9-8-13-11-18-12(2)24-13/h4-5,7-11,14H,3,6H2,1-2H3,(H,19,23). The molecule has 0 aliphatic heterocycles. The smallest absolute Gasteiger partial charge is 0.244 e. The number of nitrogens with zero attached hydrogens (tertiary/aromatic N) is 4. The second kappa shape index (κ2) is 7.35. The molecule has 0 bridgehead atoms. The van der Waals surface area contributed by atoms with Gasteiger partial charge in [0.1, 0.15) is 0 Å². The highest BCUT2D eigenvalue weighted by atomic mass is 32.1. The van der Waals surface area contributed by atoms with Crippen LogP contribution in [0, 0.1) is 6.92 Å². The van der Waals surface area contributed by atoms with Gasteiger partial charge in [-0.1, -0.05) is 19.4 Å². The first kappa shape index (κ1) is 16.3. The average molecular weight is 341 g/mol. The Hall–Kier alpha value is -2.54. The van der Waals surface area contributed by atoms with Crippen molar-refractivity contribution in [1.29, 1.82) is 0 Å². The molecule has 0 fully saturated rings. The number of fused-ring (bicyclic) bond motifs is 1. The molecule has 1 amide bonds. The van der Waals surface area contributed by atoms with E-state index in [1.165, 1.54) is 0 Å². The fraction of sp³-hybridized carbons (Fsp3) is 0.294. The van der Waals surface area contributed by atoms with E-state index in [9.17, 15) is 4.79 Å². The van der Waals surface area contributed by atoms with Crippen LogP contribution < -0.4 is 5.32 Å². The van der Waals surface area contributed by atoms with Crippen LogP contribution in [0.2, 0.25) is 0 Å². The van der Waals surface area contributed by atoms with Crippen LogP contribution in [0.25, 0.3) is 11.7 Å². The Morgan fingerprint density at radius 1 is 1.42 bits per heavy atom. The fourth-order valence-corrected chi connectivity index (χ4v) is 3.17. The van der Waals surface area contributed by atoms with Crippen molar-refractivity contribution in [1.82, 2.24) is 24.9 Å². The zero-order chi connectivity index (χ0) is 16.9. The Kier molecular flexibility index (Phi) is 5.00. The Morgan fingerprint density at radius 3 is 3.04 bits per heavy atom. The SMILES string of the molecule is CCCC(NC(=O)C=Cc1cnc(C)s1)c1nnc2ccccn12. The number of carbonyl (C=O) groups is 1. The normalized spacial score (nSPS) is 12.8. The molecule has 3 rings (SSSR count). The number of rotatable bonds is 6. The second-order valence-corrected chi connectivity index (χ2v) is 6.72. The minimum Gasteiger partial charge on any atom is -0.343 e. The van der Waals surface area contributed by atoms with Crippen molar-refractivity contribution in [2.45, 2.75) is 32.7 Å². The van der Waals surface area contributed by atoms with Gasteiger partial charge in [0, 0.05) is 23.3 Å². The summed E-state index contributed by atoms with van der Waals surface area (Å²) in [5.74, 6) is 0.606. The quantitative estimate of drug-likeness (QED) is 0.699. The molecule has 0 spiro atoms. The summed E-state index contributed by atoms with van der Waals surface area (Å²) < 4.78 is 1.91. The molecule has 1 N–H and O–H groups in total. The van der Waals surface area contributed by atoms with Crippen LogP contribution in [0.1, 0.15) is 41.5 Å². The molecule has 1 unspecified atom stereocenters. The monoisotopic (exact) mass is 341 g/mol. The van der Waals surface area contributed by atoms with Gasteiger partial charge in [-0.25, -0.2) is 4.98 Å². The van der Waals surface area contributed by atoms with Crippen molar-refractivity contribution in [2.24, 2.45) is 0 Å². The first-order valence-corrected chi connectivity index (χ1v) is 8.69. The van der Waals surface area contributed by atoms with E-state index in [4.69, 9.17) is 0 Å². The lowest BCUT2D eigenvalue weighted by Crippen LogP contribution is -2.28. The maximum absolute atomic E-state index is 12.3. The van der Waals surface area contributed by atoms with Gasteiger partial charge in [0.2, 0.25) is 5.91 Å². The molecule has 3 aromatic heterocycles. The lowest BCUT2D eigenvalue weighted by Gasteiger charge is -2.15. The number of aryl methyl sites for hydroxylation is 1. The van der Waals surface area contributed by atoms with Crippen LogP contribution in [0.5, 0.6) is 0 Å². The second-order valence-electron chi connectivity index (χ2n) is 5.45. The predicted octanol–water partition coefficient (Wildman–Crippen LogP) is 3.17. The van der Waals surface area contributed by atoms with Crippen LogP contribution >= 0.6 is 11.3 Å². The number of aromatic nitrogens is 4. The van der Waals surface area contributed by atoms with Gasteiger partial charge in [0.05, 0.1) is 11.0 Å². The molecule has 7 heteroatoms. The molecule has 0 aliphatic rings.